The average Bonchev–Trinajstić information content (AvgIpc) is 3.31. The van der Waals surface area contributed by atoms with Gasteiger partial charge in [-0.2, -0.15) is 0 Å². The molecular formula is C25H30F3N3O3. The number of benzene rings is 1. The molecule has 1 aromatic heterocycles. The van der Waals surface area contributed by atoms with Crippen LogP contribution >= 0.6 is 0 Å². The van der Waals surface area contributed by atoms with Crippen LogP contribution in [0.2, 0.25) is 0 Å². The molecule has 0 radical (unpaired) electrons. The highest BCUT2D eigenvalue weighted by Gasteiger charge is 2.45. The molecule has 0 bridgehead atoms. The molecule has 0 saturated heterocycles. The Balaban J connectivity index is 1.69. The van der Waals surface area contributed by atoms with E-state index in [2.05, 4.69) is 16.9 Å². The van der Waals surface area contributed by atoms with Gasteiger partial charge in [0.15, 0.2) is 0 Å². The summed E-state index contributed by atoms with van der Waals surface area (Å²) in [7, 11) is 0. The summed E-state index contributed by atoms with van der Waals surface area (Å²) in [5, 5.41) is 24.8. The van der Waals surface area contributed by atoms with Gasteiger partial charge in [-0.25, -0.2) is 18.2 Å². The van der Waals surface area contributed by atoms with Gasteiger partial charge in [0.2, 0.25) is 0 Å². The second-order valence-corrected chi connectivity index (χ2v) is 9.07. The van der Waals surface area contributed by atoms with Gasteiger partial charge in [-0.3, -0.25) is 0 Å². The summed E-state index contributed by atoms with van der Waals surface area (Å²) in [4.78, 5) is 4.42. The number of aliphatic imine (C=N–C) groups is 1. The third kappa shape index (κ3) is 4.16. The standard InChI is InChI=1S/C25H30F3N3O3/c1-5-30-25-14(12(2)3)6-7-31(25)17-9-19(23(33)22(17)32)34-18-8-15(24(27)28)21(26)20-13(4)10-29-11-16(18)20/h5-8,13,17,19,22-24,29,32-33H,2,9-11H2,1,3-4H3/b30-5-/t13-,17+,19-,22-,23+/m0/s1. The molecule has 6 nitrogen and oxygen atoms in total. The summed E-state index contributed by atoms with van der Waals surface area (Å²) in [6, 6.07) is 2.30. The lowest BCUT2D eigenvalue weighted by atomic mass is 9.89. The molecule has 2 aliphatic rings. The molecule has 9 heteroatoms. The van der Waals surface area contributed by atoms with Crippen LogP contribution in [0, 0.1) is 5.82 Å². The minimum absolute atomic E-state index is 0.101. The van der Waals surface area contributed by atoms with E-state index in [1.807, 2.05) is 13.0 Å². The number of aliphatic hydroxyl groups is 2. The molecule has 4 rings (SSSR count). The van der Waals surface area contributed by atoms with E-state index in [0.29, 0.717) is 17.9 Å². The highest BCUT2D eigenvalue weighted by molar-refractivity contribution is 5.73. The van der Waals surface area contributed by atoms with E-state index in [9.17, 15) is 23.4 Å². The largest absolute Gasteiger partial charge is 0.487 e. The number of aromatic nitrogens is 1. The Morgan fingerprint density at radius 3 is 2.74 bits per heavy atom. The molecule has 1 aliphatic heterocycles. The van der Waals surface area contributed by atoms with Gasteiger partial charge in [-0.1, -0.05) is 13.5 Å². The molecule has 34 heavy (non-hydrogen) atoms. The SMILES string of the molecule is C=C(C)c1ccn([C@@H]2C[C@H](Oc3cc(C(F)F)c(F)c4c3CNC[C@@H]4C)[C@@H](O)[C@H]2O)c1/N=C\C. The smallest absolute Gasteiger partial charge is 0.266 e. The van der Waals surface area contributed by atoms with E-state index >= 15 is 0 Å². The van der Waals surface area contributed by atoms with Crippen LogP contribution in [0.5, 0.6) is 5.75 Å². The van der Waals surface area contributed by atoms with Gasteiger partial charge in [-0.15, -0.1) is 0 Å². The van der Waals surface area contributed by atoms with E-state index in [4.69, 9.17) is 4.74 Å². The third-order valence-corrected chi connectivity index (χ3v) is 6.71. The lowest BCUT2D eigenvalue weighted by molar-refractivity contribution is -0.0169. The molecule has 5 atom stereocenters. The lowest BCUT2D eigenvalue weighted by Gasteiger charge is -2.29. The zero-order valence-corrected chi connectivity index (χ0v) is 19.4. The van der Waals surface area contributed by atoms with Crippen LogP contribution in [0.4, 0.5) is 19.0 Å². The molecule has 1 saturated carbocycles. The Kier molecular flexibility index (Phi) is 6.89. The van der Waals surface area contributed by atoms with Crippen LogP contribution in [0.25, 0.3) is 5.57 Å². The first-order valence-corrected chi connectivity index (χ1v) is 11.4. The first-order valence-electron chi connectivity index (χ1n) is 11.4. The van der Waals surface area contributed by atoms with Crippen molar-refractivity contribution in [2.24, 2.45) is 4.99 Å². The summed E-state index contributed by atoms with van der Waals surface area (Å²) < 4.78 is 49.9. The minimum atomic E-state index is -3.00. The fourth-order valence-electron chi connectivity index (χ4n) is 5.01. The molecule has 0 unspecified atom stereocenters. The molecule has 184 valence electrons. The van der Waals surface area contributed by atoms with Crippen molar-refractivity contribution in [2.75, 3.05) is 6.54 Å². The number of hydrogen-bond donors (Lipinski definition) is 3. The second-order valence-electron chi connectivity index (χ2n) is 9.07. The third-order valence-electron chi connectivity index (χ3n) is 6.71. The highest BCUT2D eigenvalue weighted by atomic mass is 19.3. The van der Waals surface area contributed by atoms with Crippen LogP contribution in [-0.4, -0.2) is 45.9 Å². The molecule has 3 N–H and O–H groups in total. The number of halogens is 3. The normalized spacial score (nSPS) is 26.9. The Bertz CT molecular complexity index is 1110. The van der Waals surface area contributed by atoms with Gasteiger partial charge in [0.25, 0.3) is 6.43 Å². The van der Waals surface area contributed by atoms with Crippen molar-refractivity contribution in [3.63, 3.8) is 0 Å². The molecular weight excluding hydrogens is 447 g/mol. The second kappa shape index (κ2) is 9.56. The van der Waals surface area contributed by atoms with E-state index in [1.165, 1.54) is 0 Å². The predicted molar refractivity (Wildman–Crippen MR) is 125 cm³/mol. The zero-order valence-electron chi connectivity index (χ0n) is 19.4. The van der Waals surface area contributed by atoms with Crippen molar-refractivity contribution in [1.82, 2.24) is 9.88 Å². The molecule has 0 amide bonds. The van der Waals surface area contributed by atoms with Crippen molar-refractivity contribution in [3.8, 4) is 5.75 Å². The van der Waals surface area contributed by atoms with Crippen LogP contribution in [-0.2, 0) is 6.54 Å². The summed E-state index contributed by atoms with van der Waals surface area (Å²) in [5.74, 6) is -0.516. The molecule has 2 aromatic rings. The first-order chi connectivity index (χ1) is 16.1. The molecule has 0 spiro atoms. The van der Waals surface area contributed by atoms with Crippen molar-refractivity contribution in [2.45, 2.75) is 70.4 Å². The molecule has 2 heterocycles. The summed E-state index contributed by atoms with van der Waals surface area (Å²) >= 11 is 0. The Labute approximate surface area is 196 Å². The number of hydrogen-bond acceptors (Lipinski definition) is 5. The Hall–Kier alpha value is -2.62. The van der Waals surface area contributed by atoms with Gasteiger partial charge in [0.1, 0.15) is 35.7 Å². The van der Waals surface area contributed by atoms with Gasteiger partial charge in [0.05, 0.1) is 11.6 Å². The van der Waals surface area contributed by atoms with Gasteiger partial charge in [0, 0.05) is 48.6 Å². The molecule has 1 fully saturated rings. The quantitative estimate of drug-likeness (QED) is 0.530. The van der Waals surface area contributed by atoms with E-state index < -0.39 is 42.2 Å². The average molecular weight is 478 g/mol. The van der Waals surface area contributed by atoms with Crippen molar-refractivity contribution >= 4 is 17.6 Å². The van der Waals surface area contributed by atoms with Gasteiger partial charge in [-0.05, 0) is 37.5 Å². The minimum Gasteiger partial charge on any atom is -0.487 e. The number of nitrogens with one attached hydrogen (secondary N) is 1. The predicted octanol–water partition coefficient (Wildman–Crippen LogP) is 4.64. The van der Waals surface area contributed by atoms with Crippen molar-refractivity contribution in [1.29, 1.82) is 0 Å². The Morgan fingerprint density at radius 2 is 2.09 bits per heavy atom. The summed E-state index contributed by atoms with van der Waals surface area (Å²) in [5.41, 5.74) is 1.58. The fourth-order valence-corrected chi connectivity index (χ4v) is 5.01. The monoisotopic (exact) mass is 477 g/mol. The maximum absolute atomic E-state index is 14.9. The number of ether oxygens (including phenoxy) is 1. The van der Waals surface area contributed by atoms with Crippen molar-refractivity contribution in [3.05, 3.63) is 53.0 Å². The number of aliphatic hydroxyl groups excluding tert-OH is 2. The van der Waals surface area contributed by atoms with Crippen LogP contribution in [0.1, 0.15) is 67.8 Å². The van der Waals surface area contributed by atoms with Crippen molar-refractivity contribution < 1.29 is 28.1 Å². The topological polar surface area (TPSA) is 79.0 Å². The maximum atomic E-state index is 14.9. The fraction of sp³-hybridized carbons (Fsp3) is 0.480. The number of fused-ring (bicyclic) bond motifs is 1. The first kappa shape index (κ1) is 24.5. The van der Waals surface area contributed by atoms with Gasteiger partial charge < -0.3 is 24.8 Å². The van der Waals surface area contributed by atoms with E-state index in [0.717, 1.165) is 17.2 Å². The molecule has 1 aliphatic carbocycles. The van der Waals surface area contributed by atoms with Gasteiger partial charge >= 0.3 is 0 Å². The van der Waals surface area contributed by atoms with Crippen LogP contribution in [0.15, 0.2) is 29.9 Å². The Morgan fingerprint density at radius 1 is 1.35 bits per heavy atom. The summed E-state index contributed by atoms with van der Waals surface area (Å²) in [6.07, 6.45) is -2.72. The van der Waals surface area contributed by atoms with E-state index in [1.54, 1.807) is 30.8 Å². The summed E-state index contributed by atoms with van der Waals surface area (Å²) in [6.45, 7) is 10.1. The number of allylic oxidation sites excluding steroid dienone is 1. The number of alkyl halides is 2. The molecule has 1 aromatic carbocycles. The van der Waals surface area contributed by atoms with Crippen LogP contribution in [0.3, 0.4) is 0 Å². The highest BCUT2D eigenvalue weighted by Crippen LogP contribution is 2.42. The van der Waals surface area contributed by atoms with Crippen LogP contribution < -0.4 is 10.1 Å². The lowest BCUT2D eigenvalue weighted by Crippen LogP contribution is -2.35. The zero-order chi connectivity index (χ0) is 24.7. The number of nitrogens with zero attached hydrogens (tertiary/aromatic N) is 2. The maximum Gasteiger partial charge on any atom is 0.266 e. The number of rotatable bonds is 6. The van der Waals surface area contributed by atoms with E-state index in [-0.39, 0.29) is 30.2 Å².